The molecule has 2 aromatic carbocycles. The molecule has 0 saturated carbocycles. The van der Waals surface area contributed by atoms with E-state index in [0.717, 1.165) is 27.0 Å². The van der Waals surface area contributed by atoms with Crippen molar-refractivity contribution in [1.82, 2.24) is 39.0 Å². The molecule has 5 aromatic heterocycles. The standard InChI is InChI=1S/C16H11ClN4O.C12H8ClN4.3CH3.Sn/c17-16-19-13(12-7-4-8-22-12)14-15(20-16)21(10-18-14)9-11-5-2-1-3-6-11;13-12-14-6-10-11(16-12)17(8-15-10)7-9-4-2-1-3-5-9;;;;/h1-8,10H,9H2;1-5,8H,7H2;3*1H3;. The van der Waals surface area contributed by atoms with E-state index in [9.17, 15) is 0 Å². The first-order valence-corrected chi connectivity index (χ1v) is 24.4. The van der Waals surface area contributed by atoms with Crippen LogP contribution in [0.2, 0.25) is 25.4 Å². The Hall–Kier alpha value is -3.80. The Morgan fingerprint density at radius 3 is 1.72 bits per heavy atom. The fourth-order valence-electron chi connectivity index (χ4n) is 4.74. The van der Waals surface area contributed by atoms with Crippen molar-refractivity contribution in [2.45, 2.75) is 27.9 Å². The summed E-state index contributed by atoms with van der Waals surface area (Å²) in [7, 11) is 0. The molecule has 0 fully saturated rings. The second-order valence-corrected chi connectivity index (χ2v) is 25.8. The molecule has 0 aliphatic carbocycles. The van der Waals surface area contributed by atoms with Crippen molar-refractivity contribution in [3.8, 4) is 11.5 Å². The summed E-state index contributed by atoms with van der Waals surface area (Å²) in [5.41, 5.74) is 6.10. The third-order valence-corrected chi connectivity index (χ3v) is 12.1. The second-order valence-electron chi connectivity index (χ2n) is 11.0. The SMILES string of the molecule is Clc1nc(-c2ccco2)c2ncn(Cc3ccccc3)c2n1.[CH3][Sn]([CH3])([CH3])[c]1nc(Cl)nc2c1ncn2Cc1ccccc1. The predicted octanol–water partition coefficient (Wildman–Crippen LogP) is 6.86. The van der Waals surface area contributed by atoms with Crippen molar-refractivity contribution in [2.24, 2.45) is 0 Å². The van der Waals surface area contributed by atoms with Crippen molar-refractivity contribution < 1.29 is 4.42 Å². The number of nitrogens with zero attached hydrogens (tertiary/aromatic N) is 8. The van der Waals surface area contributed by atoms with E-state index in [4.69, 9.17) is 27.6 Å². The van der Waals surface area contributed by atoms with Crippen LogP contribution >= 0.6 is 23.2 Å². The Kier molecular flexibility index (Phi) is 8.47. The van der Waals surface area contributed by atoms with Crippen LogP contribution in [0, 0.1) is 0 Å². The van der Waals surface area contributed by atoms with Crippen molar-refractivity contribution in [3.05, 3.63) is 113 Å². The van der Waals surface area contributed by atoms with Crippen LogP contribution in [-0.4, -0.2) is 57.4 Å². The summed E-state index contributed by atoms with van der Waals surface area (Å²) in [6.07, 6.45) is 5.18. The van der Waals surface area contributed by atoms with Crippen LogP contribution in [0.5, 0.6) is 0 Å². The van der Waals surface area contributed by atoms with Crippen LogP contribution in [0.4, 0.5) is 0 Å². The van der Waals surface area contributed by atoms with Crippen molar-refractivity contribution in [3.63, 3.8) is 0 Å². The van der Waals surface area contributed by atoms with Crippen molar-refractivity contribution >= 4 is 67.6 Å². The summed E-state index contributed by atoms with van der Waals surface area (Å²) < 4.78 is 10.5. The monoisotopic (exact) mass is 718 g/mol. The first kappa shape index (κ1) is 29.3. The number of hydrogen-bond donors (Lipinski definition) is 0. The van der Waals surface area contributed by atoms with E-state index in [2.05, 4.69) is 69.0 Å². The average molecular weight is 718 g/mol. The molecule has 9 nitrogen and oxygen atoms in total. The molecule has 0 aliphatic rings. The van der Waals surface area contributed by atoms with Gasteiger partial charge in [-0.25, -0.2) is 9.97 Å². The normalized spacial score (nSPS) is 11.6. The molecular weight excluding hydrogens is 690 g/mol. The molecular formula is C31H28Cl2N8OSn. The summed E-state index contributed by atoms with van der Waals surface area (Å²) >= 11 is 9.82. The quantitative estimate of drug-likeness (QED) is 0.137. The molecule has 0 N–H and O–H groups in total. The molecule has 0 saturated heterocycles. The minimum atomic E-state index is -2.38. The van der Waals surface area contributed by atoms with E-state index in [1.165, 1.54) is 5.56 Å². The maximum absolute atomic E-state index is 6.13. The molecule has 0 amide bonds. The van der Waals surface area contributed by atoms with E-state index in [-0.39, 0.29) is 5.28 Å². The van der Waals surface area contributed by atoms with Gasteiger partial charge in [0.15, 0.2) is 11.4 Å². The minimum absolute atomic E-state index is 0.175. The van der Waals surface area contributed by atoms with Gasteiger partial charge in [-0.05, 0) is 29.3 Å². The van der Waals surface area contributed by atoms with Crippen LogP contribution in [0.25, 0.3) is 33.8 Å². The molecule has 0 bridgehead atoms. The molecule has 0 spiro atoms. The van der Waals surface area contributed by atoms with E-state index in [0.29, 0.717) is 34.4 Å². The number of hydrogen-bond acceptors (Lipinski definition) is 7. The van der Waals surface area contributed by atoms with Gasteiger partial charge in [0.2, 0.25) is 5.28 Å². The first-order chi connectivity index (χ1) is 20.8. The van der Waals surface area contributed by atoms with Crippen LogP contribution in [0.15, 0.2) is 96.1 Å². The molecule has 0 radical (unpaired) electrons. The molecule has 7 rings (SSSR count). The maximum atomic E-state index is 6.13. The zero-order valence-electron chi connectivity index (χ0n) is 23.8. The van der Waals surface area contributed by atoms with Gasteiger partial charge >= 0.3 is 133 Å². The Labute approximate surface area is 262 Å². The zero-order valence-corrected chi connectivity index (χ0v) is 28.2. The summed E-state index contributed by atoms with van der Waals surface area (Å²) in [5, 5.41) is 0.493. The number of fused-ring (bicyclic) bond motifs is 2. The van der Waals surface area contributed by atoms with Crippen LogP contribution in [-0.2, 0) is 13.1 Å². The Bertz CT molecular complexity index is 1990. The fourth-order valence-corrected chi connectivity index (χ4v) is 9.06. The summed E-state index contributed by atoms with van der Waals surface area (Å²) in [6.45, 7) is 1.41. The van der Waals surface area contributed by atoms with E-state index < -0.39 is 18.4 Å². The van der Waals surface area contributed by atoms with Gasteiger partial charge in [-0.2, -0.15) is 4.98 Å². The zero-order chi connectivity index (χ0) is 30.0. The van der Waals surface area contributed by atoms with Gasteiger partial charge in [0, 0.05) is 0 Å². The number of halogens is 2. The molecule has 216 valence electrons. The average Bonchev–Trinajstić information content (AvgIpc) is 3.75. The number of rotatable bonds is 6. The van der Waals surface area contributed by atoms with Crippen LogP contribution < -0.4 is 3.71 Å². The van der Waals surface area contributed by atoms with Gasteiger partial charge in [-0.1, -0.05) is 30.3 Å². The molecule has 0 atom stereocenters. The molecule has 0 unspecified atom stereocenters. The third kappa shape index (κ3) is 6.58. The van der Waals surface area contributed by atoms with Gasteiger partial charge < -0.3 is 8.98 Å². The van der Waals surface area contributed by atoms with Gasteiger partial charge in [-0.15, -0.1) is 0 Å². The van der Waals surface area contributed by atoms with Crippen LogP contribution in [0.1, 0.15) is 11.1 Å². The second kappa shape index (κ2) is 12.4. The van der Waals surface area contributed by atoms with Gasteiger partial charge in [-0.3, -0.25) is 0 Å². The molecule has 0 aliphatic heterocycles. The van der Waals surface area contributed by atoms with E-state index in [1.807, 2.05) is 57.9 Å². The van der Waals surface area contributed by atoms with E-state index in [1.54, 1.807) is 18.7 Å². The van der Waals surface area contributed by atoms with Crippen LogP contribution in [0.3, 0.4) is 0 Å². The van der Waals surface area contributed by atoms with Gasteiger partial charge in [0.1, 0.15) is 11.2 Å². The number of furan rings is 1. The van der Waals surface area contributed by atoms with Gasteiger partial charge in [0.05, 0.1) is 19.1 Å². The molecule has 12 heteroatoms. The third-order valence-electron chi connectivity index (χ3n) is 6.73. The molecule has 7 aromatic rings. The Morgan fingerprint density at radius 1 is 0.651 bits per heavy atom. The van der Waals surface area contributed by atoms with E-state index >= 15 is 0 Å². The number of aromatic nitrogens is 8. The number of imidazole rings is 2. The first-order valence-electron chi connectivity index (χ1n) is 13.7. The Morgan fingerprint density at radius 2 is 1.19 bits per heavy atom. The summed E-state index contributed by atoms with van der Waals surface area (Å²) in [6, 6.07) is 24.0. The summed E-state index contributed by atoms with van der Waals surface area (Å²) in [5.74, 6) is 0.624. The number of benzene rings is 2. The summed E-state index contributed by atoms with van der Waals surface area (Å²) in [4.78, 5) is 33.3. The molecule has 43 heavy (non-hydrogen) atoms. The van der Waals surface area contributed by atoms with Gasteiger partial charge in [0.25, 0.3) is 0 Å². The predicted molar refractivity (Wildman–Crippen MR) is 172 cm³/mol. The fraction of sp³-hybridized carbons (Fsp3) is 0.161. The topological polar surface area (TPSA) is 100 Å². The van der Waals surface area contributed by atoms with Crippen molar-refractivity contribution in [2.75, 3.05) is 0 Å². The Balaban J connectivity index is 0.000000153. The van der Waals surface area contributed by atoms with Crippen molar-refractivity contribution in [1.29, 1.82) is 0 Å². The molecule has 5 heterocycles.